The Kier molecular flexibility index (Phi) is 4.45. The van der Waals surface area contributed by atoms with Crippen LogP contribution in [0.1, 0.15) is 18.0 Å². The predicted molar refractivity (Wildman–Crippen MR) is 79.2 cm³/mol. The third-order valence-electron chi connectivity index (χ3n) is 3.85. The number of hydrogen-bond donors (Lipinski definition) is 2. The second-order valence-corrected chi connectivity index (χ2v) is 5.90. The average molecular weight is 343 g/mol. The van der Waals surface area contributed by atoms with Crippen LogP contribution in [0.5, 0.6) is 11.5 Å². The number of piperazine rings is 1. The van der Waals surface area contributed by atoms with Crippen LogP contribution in [0.15, 0.2) is 16.6 Å². The molecule has 0 saturated carbocycles. The van der Waals surface area contributed by atoms with Gasteiger partial charge in [0.15, 0.2) is 11.5 Å². The summed E-state index contributed by atoms with van der Waals surface area (Å²) in [6, 6.07) is 4.20. The Labute approximate surface area is 127 Å². The first-order valence-electron chi connectivity index (χ1n) is 6.94. The smallest absolute Gasteiger partial charge is 0.231 e. The van der Waals surface area contributed by atoms with Crippen molar-refractivity contribution in [1.29, 1.82) is 0 Å². The van der Waals surface area contributed by atoms with Gasteiger partial charge >= 0.3 is 0 Å². The zero-order chi connectivity index (χ0) is 13.9. The van der Waals surface area contributed by atoms with Gasteiger partial charge in [0.2, 0.25) is 6.79 Å². The second kappa shape index (κ2) is 6.30. The number of benzene rings is 1. The van der Waals surface area contributed by atoms with Crippen LogP contribution in [0.25, 0.3) is 0 Å². The first kappa shape index (κ1) is 14.1. The largest absolute Gasteiger partial charge is 0.454 e. The number of nitrogens with one attached hydrogen (secondary N) is 1. The van der Waals surface area contributed by atoms with Gasteiger partial charge in [-0.25, -0.2) is 0 Å². The number of fused-ring (bicyclic) bond motifs is 1. The van der Waals surface area contributed by atoms with E-state index in [-0.39, 0.29) is 19.4 Å². The van der Waals surface area contributed by atoms with Gasteiger partial charge in [0, 0.05) is 43.3 Å². The van der Waals surface area contributed by atoms with Gasteiger partial charge in [-0.1, -0.05) is 15.9 Å². The summed E-state index contributed by atoms with van der Waals surface area (Å²) < 4.78 is 11.9. The van der Waals surface area contributed by atoms with E-state index in [1.165, 1.54) is 0 Å². The fraction of sp³-hybridized carbons (Fsp3) is 0.571. The van der Waals surface area contributed by atoms with Crippen molar-refractivity contribution in [3.8, 4) is 11.5 Å². The van der Waals surface area contributed by atoms with E-state index in [9.17, 15) is 5.11 Å². The summed E-state index contributed by atoms with van der Waals surface area (Å²) in [5, 5.41) is 12.8. The molecule has 110 valence electrons. The summed E-state index contributed by atoms with van der Waals surface area (Å²) in [5.74, 6) is 1.57. The van der Waals surface area contributed by atoms with Crippen LogP contribution >= 0.6 is 15.9 Å². The average Bonchev–Trinajstić information content (AvgIpc) is 2.92. The lowest BCUT2D eigenvalue weighted by molar-refractivity contribution is 0.140. The fourth-order valence-electron chi connectivity index (χ4n) is 2.84. The summed E-state index contributed by atoms with van der Waals surface area (Å²) in [6.45, 7) is 4.42. The third kappa shape index (κ3) is 2.79. The van der Waals surface area contributed by atoms with Gasteiger partial charge in [0.05, 0.1) is 0 Å². The predicted octanol–water partition coefficient (Wildman–Crippen LogP) is 1.51. The first-order chi connectivity index (χ1) is 9.79. The lowest BCUT2D eigenvalue weighted by Crippen LogP contribution is -2.45. The van der Waals surface area contributed by atoms with Crippen molar-refractivity contribution in [3.05, 3.63) is 22.2 Å². The van der Waals surface area contributed by atoms with Crippen LogP contribution in [0.3, 0.4) is 0 Å². The van der Waals surface area contributed by atoms with Crippen molar-refractivity contribution in [2.75, 3.05) is 39.6 Å². The molecule has 5 nitrogen and oxygen atoms in total. The first-order valence-corrected chi connectivity index (χ1v) is 7.73. The molecule has 2 N–H and O–H groups in total. The van der Waals surface area contributed by atoms with Crippen molar-refractivity contribution in [2.24, 2.45) is 0 Å². The molecule has 6 heteroatoms. The summed E-state index contributed by atoms with van der Waals surface area (Å²) in [7, 11) is 0. The monoisotopic (exact) mass is 342 g/mol. The molecule has 0 spiro atoms. The number of nitrogens with zero attached hydrogens (tertiary/aromatic N) is 1. The van der Waals surface area contributed by atoms with E-state index in [1.54, 1.807) is 0 Å². The number of ether oxygens (including phenoxy) is 2. The number of aliphatic hydroxyl groups excluding tert-OH is 1. The minimum absolute atomic E-state index is 0.176. The Balaban J connectivity index is 1.90. The summed E-state index contributed by atoms with van der Waals surface area (Å²) in [5.41, 5.74) is 1.16. The van der Waals surface area contributed by atoms with Crippen LogP contribution in [-0.4, -0.2) is 49.6 Å². The molecule has 20 heavy (non-hydrogen) atoms. The highest BCUT2D eigenvalue weighted by Gasteiger charge is 2.26. The van der Waals surface area contributed by atoms with Gasteiger partial charge in [-0.2, -0.15) is 0 Å². The molecule has 1 aromatic carbocycles. The molecule has 0 unspecified atom stereocenters. The maximum Gasteiger partial charge on any atom is 0.231 e. The van der Waals surface area contributed by atoms with Crippen LogP contribution in [-0.2, 0) is 0 Å². The number of hydrogen-bond acceptors (Lipinski definition) is 5. The molecule has 0 amide bonds. The van der Waals surface area contributed by atoms with Gasteiger partial charge < -0.3 is 19.9 Å². The Morgan fingerprint density at radius 1 is 1.25 bits per heavy atom. The highest BCUT2D eigenvalue weighted by molar-refractivity contribution is 9.10. The van der Waals surface area contributed by atoms with Crippen molar-refractivity contribution >= 4 is 15.9 Å². The maximum atomic E-state index is 9.40. The SMILES string of the molecule is OCC[C@H](c1cc2c(cc1Br)OCO2)N1CCNCC1. The molecule has 1 saturated heterocycles. The molecule has 1 fully saturated rings. The van der Waals surface area contributed by atoms with Crippen LogP contribution < -0.4 is 14.8 Å². The van der Waals surface area contributed by atoms with E-state index in [0.717, 1.165) is 54.1 Å². The van der Waals surface area contributed by atoms with Gasteiger partial charge in [0.1, 0.15) is 0 Å². The number of aliphatic hydroxyl groups is 1. The maximum absolute atomic E-state index is 9.40. The molecule has 3 rings (SSSR count). The van der Waals surface area contributed by atoms with Gasteiger partial charge in [0.25, 0.3) is 0 Å². The highest BCUT2D eigenvalue weighted by atomic mass is 79.9. The Morgan fingerprint density at radius 3 is 2.65 bits per heavy atom. The van der Waals surface area contributed by atoms with Crippen molar-refractivity contribution in [2.45, 2.75) is 12.5 Å². The molecular formula is C14H19BrN2O3. The number of halogens is 1. The van der Waals surface area contributed by atoms with Crippen molar-refractivity contribution in [1.82, 2.24) is 10.2 Å². The third-order valence-corrected chi connectivity index (χ3v) is 4.53. The van der Waals surface area contributed by atoms with E-state index < -0.39 is 0 Å². The normalized spacial score (nSPS) is 20.1. The number of rotatable bonds is 4. The molecule has 2 aliphatic heterocycles. The summed E-state index contributed by atoms with van der Waals surface area (Å²) in [4.78, 5) is 2.41. The van der Waals surface area contributed by atoms with Gasteiger partial charge in [-0.15, -0.1) is 0 Å². The van der Waals surface area contributed by atoms with E-state index in [4.69, 9.17) is 9.47 Å². The molecule has 0 aromatic heterocycles. The Hall–Kier alpha value is -0.820. The molecule has 0 bridgehead atoms. The van der Waals surface area contributed by atoms with E-state index in [1.807, 2.05) is 12.1 Å². The molecule has 2 aliphatic rings. The molecule has 0 aliphatic carbocycles. The van der Waals surface area contributed by atoms with Crippen molar-refractivity contribution in [3.63, 3.8) is 0 Å². The van der Waals surface area contributed by atoms with E-state index in [0.29, 0.717) is 0 Å². The summed E-state index contributed by atoms with van der Waals surface area (Å²) >= 11 is 3.63. The minimum atomic E-state index is 0.176. The molecular weight excluding hydrogens is 324 g/mol. The van der Waals surface area contributed by atoms with Gasteiger partial charge in [-0.05, 0) is 24.1 Å². The quantitative estimate of drug-likeness (QED) is 0.868. The van der Waals surface area contributed by atoms with Crippen LogP contribution in [0.4, 0.5) is 0 Å². The lowest BCUT2D eigenvalue weighted by atomic mass is 10.0. The molecule has 1 aromatic rings. The standard InChI is InChI=1S/C14H19BrN2O3/c15-11-8-14-13(19-9-20-14)7-10(11)12(1-6-18)17-4-2-16-3-5-17/h7-8,12,16,18H,1-6,9H2/t12-/m1/s1. The highest BCUT2D eigenvalue weighted by Crippen LogP contribution is 2.41. The minimum Gasteiger partial charge on any atom is -0.454 e. The summed E-state index contributed by atoms with van der Waals surface area (Å²) in [6.07, 6.45) is 0.720. The van der Waals surface area contributed by atoms with Crippen LogP contribution in [0, 0.1) is 0 Å². The van der Waals surface area contributed by atoms with Crippen LogP contribution in [0.2, 0.25) is 0 Å². The Bertz CT molecular complexity index is 478. The lowest BCUT2D eigenvalue weighted by Gasteiger charge is -2.35. The fourth-order valence-corrected chi connectivity index (χ4v) is 3.43. The Morgan fingerprint density at radius 2 is 1.95 bits per heavy atom. The second-order valence-electron chi connectivity index (χ2n) is 5.04. The topological polar surface area (TPSA) is 54.0 Å². The zero-order valence-corrected chi connectivity index (χ0v) is 12.9. The molecule has 0 radical (unpaired) electrons. The van der Waals surface area contributed by atoms with E-state index in [2.05, 4.69) is 26.1 Å². The van der Waals surface area contributed by atoms with Gasteiger partial charge in [-0.3, -0.25) is 4.90 Å². The zero-order valence-electron chi connectivity index (χ0n) is 11.3. The molecule has 2 heterocycles. The molecule has 1 atom stereocenters. The van der Waals surface area contributed by atoms with E-state index >= 15 is 0 Å². The van der Waals surface area contributed by atoms with Crippen molar-refractivity contribution < 1.29 is 14.6 Å².